The summed E-state index contributed by atoms with van der Waals surface area (Å²) in [4.78, 5) is -0.266. The van der Waals surface area contributed by atoms with Crippen LogP contribution in [0.1, 0.15) is 5.56 Å². The van der Waals surface area contributed by atoms with E-state index in [1.165, 1.54) is 29.5 Å². The van der Waals surface area contributed by atoms with Crippen LogP contribution in [-0.2, 0) is 10.1 Å². The first kappa shape index (κ1) is 19.2. The van der Waals surface area contributed by atoms with Gasteiger partial charge in [0.15, 0.2) is 17.6 Å². The van der Waals surface area contributed by atoms with Crippen LogP contribution in [-0.4, -0.2) is 32.3 Å². The summed E-state index contributed by atoms with van der Waals surface area (Å²) in [5.41, 5.74) is 0.574. The Labute approximate surface area is 180 Å². The first-order chi connectivity index (χ1) is 10.4. The van der Waals surface area contributed by atoms with Gasteiger partial charge in [-0.2, -0.15) is 0 Å². The van der Waals surface area contributed by atoms with Crippen LogP contribution in [0.15, 0.2) is 33.9 Å². The quantitative estimate of drug-likeness (QED) is 0.509. The molecular weight excluding hydrogens is 367 g/mol. The van der Waals surface area contributed by atoms with Gasteiger partial charge in [-0.15, -0.1) is 11.3 Å². The molecule has 9 heteroatoms. The molecule has 1 aliphatic heterocycles. The Morgan fingerprint density at radius 3 is 2.78 bits per heavy atom. The van der Waals surface area contributed by atoms with E-state index in [1.807, 2.05) is 10.8 Å². The van der Waals surface area contributed by atoms with E-state index < -0.39 is 10.1 Å². The molecule has 23 heavy (non-hydrogen) atoms. The second kappa shape index (κ2) is 7.83. The Kier molecular flexibility index (Phi) is 6.54. The third kappa shape index (κ3) is 4.70. The van der Waals surface area contributed by atoms with Gasteiger partial charge in [0.05, 0.1) is 4.90 Å². The molecule has 1 unspecified atom stereocenters. The molecule has 1 aliphatic rings. The Hall–Kier alpha value is -0.134. The minimum atomic E-state index is -4.45. The van der Waals surface area contributed by atoms with Crippen molar-refractivity contribution in [2.45, 2.75) is 17.9 Å². The molecule has 0 spiro atoms. The second-order valence-corrected chi connectivity index (χ2v) is 6.97. The van der Waals surface area contributed by atoms with E-state index in [0.29, 0.717) is 23.7 Å². The van der Waals surface area contributed by atoms with Gasteiger partial charge in [0, 0.05) is 10.8 Å². The monoisotopic (exact) mass is 380 g/mol. The summed E-state index contributed by atoms with van der Waals surface area (Å²) in [5, 5.41) is 3.74. The Morgan fingerprint density at radius 1 is 1.35 bits per heavy atom. The molecule has 2 heterocycles. The van der Waals surface area contributed by atoms with E-state index in [0.717, 1.165) is 5.75 Å². The minimum Gasteiger partial charge on any atom is -0.744 e. The second-order valence-electron chi connectivity index (χ2n) is 4.84. The van der Waals surface area contributed by atoms with Crippen molar-refractivity contribution in [1.29, 1.82) is 0 Å². The van der Waals surface area contributed by atoms with E-state index in [-0.39, 0.29) is 69.0 Å². The molecular formula is C14H13KO6S2. The van der Waals surface area contributed by atoms with Crippen molar-refractivity contribution in [3.05, 3.63) is 34.5 Å². The zero-order valence-corrected chi connectivity index (χ0v) is 17.4. The molecule has 2 aromatic rings. The fourth-order valence-corrected chi connectivity index (χ4v) is 3.29. The molecule has 1 aromatic heterocycles. The third-order valence-corrected chi connectivity index (χ3v) is 4.70. The van der Waals surface area contributed by atoms with Crippen molar-refractivity contribution < 1.29 is 78.6 Å². The maximum absolute atomic E-state index is 11.0. The predicted molar refractivity (Wildman–Crippen MR) is 78.9 cm³/mol. The average molecular weight is 380 g/mol. The van der Waals surface area contributed by atoms with E-state index in [1.54, 1.807) is 6.92 Å². The largest absolute Gasteiger partial charge is 1.00 e. The molecule has 0 N–H and O–H groups in total. The molecule has 1 atom stereocenters. The number of fused-ring (bicyclic) bond motifs is 1. The van der Waals surface area contributed by atoms with Gasteiger partial charge in [-0.25, -0.2) is 8.42 Å². The van der Waals surface area contributed by atoms with Crippen LogP contribution < -0.4 is 65.6 Å². The maximum Gasteiger partial charge on any atom is 1.00 e. The minimum absolute atomic E-state index is 0. The normalized spacial score (nSPS) is 16.5. The van der Waals surface area contributed by atoms with Gasteiger partial charge in [-0.05, 0) is 30.7 Å². The van der Waals surface area contributed by atoms with Gasteiger partial charge in [-0.3, -0.25) is 0 Å². The molecule has 0 radical (unpaired) electrons. The molecule has 1 aromatic carbocycles. The van der Waals surface area contributed by atoms with Gasteiger partial charge in [0.2, 0.25) is 0 Å². The number of hydrogen-bond acceptors (Lipinski definition) is 7. The van der Waals surface area contributed by atoms with Crippen LogP contribution >= 0.6 is 11.3 Å². The number of hydrogen-bond donors (Lipinski definition) is 0. The topological polar surface area (TPSA) is 84.9 Å². The summed E-state index contributed by atoms with van der Waals surface area (Å²) >= 11 is 1.50. The Morgan fingerprint density at radius 2 is 2.09 bits per heavy atom. The average Bonchev–Trinajstić information content (AvgIpc) is 2.92. The number of thiophene rings is 1. The van der Waals surface area contributed by atoms with Crippen LogP contribution in [0.25, 0.3) is 0 Å². The Balaban J connectivity index is 0.00000192. The molecule has 0 fully saturated rings. The van der Waals surface area contributed by atoms with Crippen LogP contribution in [0.5, 0.6) is 17.2 Å². The van der Waals surface area contributed by atoms with Crippen molar-refractivity contribution in [2.75, 3.05) is 13.2 Å². The van der Waals surface area contributed by atoms with Gasteiger partial charge in [0.1, 0.15) is 29.1 Å². The molecule has 3 rings (SSSR count). The number of aryl methyl sites for hydroxylation is 1. The van der Waals surface area contributed by atoms with E-state index in [9.17, 15) is 13.0 Å². The molecule has 0 aliphatic carbocycles. The summed E-state index contributed by atoms with van der Waals surface area (Å²) < 4.78 is 49.8. The summed E-state index contributed by atoms with van der Waals surface area (Å²) in [6.07, 6.45) is -0.246. The number of rotatable bonds is 4. The van der Waals surface area contributed by atoms with Crippen LogP contribution in [0.4, 0.5) is 0 Å². The summed E-state index contributed by atoms with van der Waals surface area (Å²) in [6.45, 7) is 2.33. The number of benzene rings is 1. The molecule has 6 nitrogen and oxygen atoms in total. The molecule has 0 amide bonds. The smallest absolute Gasteiger partial charge is 0.744 e. The molecule has 0 saturated heterocycles. The van der Waals surface area contributed by atoms with Crippen molar-refractivity contribution in [3.63, 3.8) is 0 Å². The molecule has 118 valence electrons. The summed E-state index contributed by atoms with van der Waals surface area (Å²) in [5.74, 6) is 1.95. The first-order valence-corrected chi connectivity index (χ1v) is 8.83. The SMILES string of the molecule is Cc1cc(S(=O)(=O)[O-])ccc1OCC1COc2cscc2O1.[K+]. The van der Waals surface area contributed by atoms with Gasteiger partial charge >= 0.3 is 51.4 Å². The summed E-state index contributed by atoms with van der Waals surface area (Å²) in [7, 11) is -4.45. The Bertz CT molecular complexity index is 786. The predicted octanol–water partition coefficient (Wildman–Crippen LogP) is -0.817. The van der Waals surface area contributed by atoms with Crippen LogP contribution in [0, 0.1) is 6.92 Å². The van der Waals surface area contributed by atoms with Crippen molar-refractivity contribution in [2.24, 2.45) is 0 Å². The van der Waals surface area contributed by atoms with Gasteiger partial charge in [0.25, 0.3) is 0 Å². The van der Waals surface area contributed by atoms with Crippen LogP contribution in [0.3, 0.4) is 0 Å². The maximum atomic E-state index is 11.0. The van der Waals surface area contributed by atoms with Crippen molar-refractivity contribution in [1.82, 2.24) is 0 Å². The van der Waals surface area contributed by atoms with Gasteiger partial charge in [-0.1, -0.05) is 0 Å². The zero-order valence-electron chi connectivity index (χ0n) is 12.6. The fourth-order valence-electron chi connectivity index (χ4n) is 2.07. The van der Waals surface area contributed by atoms with Crippen LogP contribution in [0.2, 0.25) is 0 Å². The molecule has 0 bridgehead atoms. The van der Waals surface area contributed by atoms with E-state index >= 15 is 0 Å². The van der Waals surface area contributed by atoms with Gasteiger partial charge < -0.3 is 18.8 Å². The molecule has 0 saturated carbocycles. The van der Waals surface area contributed by atoms with E-state index in [4.69, 9.17) is 14.2 Å². The first-order valence-electron chi connectivity index (χ1n) is 6.48. The number of ether oxygens (including phenoxy) is 3. The third-order valence-electron chi connectivity index (χ3n) is 3.17. The van der Waals surface area contributed by atoms with E-state index in [2.05, 4.69) is 0 Å². The van der Waals surface area contributed by atoms with Crippen molar-refractivity contribution in [3.8, 4) is 17.2 Å². The fraction of sp³-hybridized carbons (Fsp3) is 0.286. The summed E-state index contributed by atoms with van der Waals surface area (Å²) in [6, 6.07) is 4.01. The van der Waals surface area contributed by atoms with Crippen molar-refractivity contribution >= 4 is 21.5 Å². The zero-order chi connectivity index (χ0) is 15.7. The standard InChI is InChI=1S/C14H14O6S2.K/c1-9-4-11(22(15,16)17)2-3-12(9)18-5-10-6-19-13-7-21-8-14(13)20-10;/h2-4,7-8,10H,5-6H2,1H3,(H,15,16,17);/q;+1/p-1.